The van der Waals surface area contributed by atoms with Crippen LogP contribution in [0.15, 0.2) is 27.7 Å². The molecular weight excluding hydrogens is 487 g/mol. The summed E-state index contributed by atoms with van der Waals surface area (Å²) in [5.74, 6) is 0.750. The second-order valence-electron chi connectivity index (χ2n) is 7.48. The van der Waals surface area contributed by atoms with Crippen LogP contribution in [0.4, 0.5) is 0 Å². The smallest absolute Gasteiger partial charge is 0.306 e. The van der Waals surface area contributed by atoms with Crippen molar-refractivity contribution in [1.82, 2.24) is 5.16 Å². The molecule has 0 saturated heterocycles. The second kappa shape index (κ2) is 13.2. The highest BCUT2D eigenvalue weighted by Gasteiger charge is 2.16. The Hall–Kier alpha value is -2.78. The van der Waals surface area contributed by atoms with Crippen LogP contribution in [-0.4, -0.2) is 49.9 Å². The van der Waals surface area contributed by atoms with Crippen molar-refractivity contribution in [3.8, 4) is 5.75 Å². The van der Waals surface area contributed by atoms with E-state index in [-0.39, 0.29) is 19.4 Å². The summed E-state index contributed by atoms with van der Waals surface area (Å²) in [7, 11) is 1.27. The number of aromatic nitrogens is 1. The molecule has 2 aromatic rings. The van der Waals surface area contributed by atoms with E-state index in [1.807, 2.05) is 0 Å². The highest BCUT2D eigenvalue weighted by Crippen LogP contribution is 2.35. The molecule has 0 N–H and O–H groups in total. The Labute approximate surface area is 207 Å². The predicted molar refractivity (Wildman–Crippen MR) is 124 cm³/mol. The van der Waals surface area contributed by atoms with Crippen molar-refractivity contribution in [3.05, 3.63) is 45.3 Å². The van der Waals surface area contributed by atoms with Gasteiger partial charge in [-0.05, 0) is 31.4 Å². The van der Waals surface area contributed by atoms with Crippen molar-refractivity contribution < 1.29 is 33.1 Å². The van der Waals surface area contributed by atoms with Crippen molar-refractivity contribution in [1.29, 1.82) is 0 Å². The number of unbranched alkanes of at least 4 members (excludes halogenated alkanes) is 2. The molecule has 34 heavy (non-hydrogen) atoms. The van der Waals surface area contributed by atoms with Gasteiger partial charge < -0.3 is 23.5 Å². The fourth-order valence-corrected chi connectivity index (χ4v) is 3.75. The normalized spacial score (nSPS) is 12.7. The van der Waals surface area contributed by atoms with Crippen LogP contribution in [0.5, 0.6) is 5.75 Å². The van der Waals surface area contributed by atoms with E-state index in [1.165, 1.54) is 7.11 Å². The van der Waals surface area contributed by atoms with Gasteiger partial charge in [0, 0.05) is 18.1 Å². The number of aliphatic imine (C=N–C) groups is 1. The first-order valence-corrected chi connectivity index (χ1v) is 11.7. The van der Waals surface area contributed by atoms with Crippen LogP contribution >= 0.6 is 23.2 Å². The van der Waals surface area contributed by atoms with E-state index >= 15 is 0 Å². The first-order chi connectivity index (χ1) is 16.5. The molecule has 0 aliphatic carbocycles. The number of carbonyl (C=O) groups excluding carboxylic acids is 2. The number of ether oxygens (including phenoxy) is 4. The maximum atomic E-state index is 11.6. The van der Waals surface area contributed by atoms with Crippen molar-refractivity contribution in [2.75, 3.05) is 26.9 Å². The van der Waals surface area contributed by atoms with Gasteiger partial charge >= 0.3 is 11.9 Å². The number of methoxy groups -OCH3 is 1. The van der Waals surface area contributed by atoms with Gasteiger partial charge in [0.25, 0.3) is 0 Å². The summed E-state index contributed by atoms with van der Waals surface area (Å²) < 4.78 is 26.0. The average Bonchev–Trinajstić information content (AvgIpc) is 3.52. The Morgan fingerprint density at radius 2 is 1.82 bits per heavy atom. The van der Waals surface area contributed by atoms with E-state index in [1.54, 1.807) is 18.2 Å². The quantitative estimate of drug-likeness (QED) is 0.284. The van der Waals surface area contributed by atoms with Gasteiger partial charge in [-0.15, -0.1) is 0 Å². The number of benzene rings is 1. The van der Waals surface area contributed by atoms with Crippen LogP contribution in [0.25, 0.3) is 0 Å². The molecule has 0 atom stereocenters. The molecule has 3 rings (SSSR count). The monoisotopic (exact) mass is 512 g/mol. The number of aryl methyl sites for hydroxylation is 1. The summed E-state index contributed by atoms with van der Waals surface area (Å²) in [6.45, 7) is 1.66. The fourth-order valence-electron chi connectivity index (χ4n) is 3.16. The first kappa shape index (κ1) is 25.8. The van der Waals surface area contributed by atoms with Gasteiger partial charge in [-0.2, -0.15) is 0 Å². The lowest BCUT2D eigenvalue weighted by Gasteiger charge is -2.11. The number of halogens is 2. The van der Waals surface area contributed by atoms with Gasteiger partial charge in [-0.1, -0.05) is 28.4 Å². The Morgan fingerprint density at radius 1 is 1.06 bits per heavy atom. The number of hydrogen-bond acceptors (Lipinski definition) is 9. The van der Waals surface area contributed by atoms with Gasteiger partial charge in [0.05, 0.1) is 43.1 Å². The molecule has 1 aliphatic heterocycles. The first-order valence-electron chi connectivity index (χ1n) is 10.9. The van der Waals surface area contributed by atoms with Gasteiger partial charge in [0.15, 0.2) is 5.75 Å². The van der Waals surface area contributed by atoms with Crippen molar-refractivity contribution in [2.45, 2.75) is 45.1 Å². The lowest BCUT2D eigenvalue weighted by atomic mass is 10.1. The van der Waals surface area contributed by atoms with Gasteiger partial charge in [-0.25, -0.2) is 4.99 Å². The number of rotatable bonds is 13. The van der Waals surface area contributed by atoms with Gasteiger partial charge in [0.2, 0.25) is 5.90 Å². The summed E-state index contributed by atoms with van der Waals surface area (Å²) >= 11 is 12.7. The lowest BCUT2D eigenvalue weighted by molar-refractivity contribution is -0.149. The molecular formula is C23H26Cl2N2O7. The highest BCUT2D eigenvalue weighted by atomic mass is 35.5. The zero-order valence-corrected chi connectivity index (χ0v) is 20.3. The number of nitrogens with zero attached hydrogens (tertiary/aromatic N) is 2. The Kier molecular flexibility index (Phi) is 10.0. The van der Waals surface area contributed by atoms with E-state index in [4.69, 9.17) is 41.9 Å². The summed E-state index contributed by atoms with van der Waals surface area (Å²) in [6.07, 6.45) is 3.22. The minimum absolute atomic E-state index is 0.00285. The van der Waals surface area contributed by atoms with Crippen molar-refractivity contribution in [2.24, 2.45) is 4.99 Å². The zero-order valence-electron chi connectivity index (χ0n) is 18.8. The molecule has 0 amide bonds. The Morgan fingerprint density at radius 3 is 2.53 bits per heavy atom. The van der Waals surface area contributed by atoms with Gasteiger partial charge in [-0.3, -0.25) is 9.59 Å². The minimum atomic E-state index is -0.495. The maximum Gasteiger partial charge on any atom is 0.306 e. The molecule has 0 spiro atoms. The standard InChI is InChI=1S/C23H26Cl2N2O7/c1-30-20(28)6-7-21(29)33-14-16-13-17(34-27-16)5-3-2-4-9-31-22-18(24)11-15(12-19(22)25)23-26-8-10-32-23/h11-13H,2-10,14H2,1H3. The van der Waals surface area contributed by atoms with E-state index in [2.05, 4.69) is 14.9 Å². The van der Waals surface area contributed by atoms with Crippen LogP contribution < -0.4 is 4.74 Å². The molecule has 11 heteroatoms. The maximum absolute atomic E-state index is 11.6. The van der Waals surface area contributed by atoms with Crippen LogP contribution in [0.2, 0.25) is 10.0 Å². The number of hydrogen-bond donors (Lipinski definition) is 0. The fraction of sp³-hybridized carbons (Fsp3) is 0.478. The Balaban J connectivity index is 1.32. The molecule has 0 fully saturated rings. The Bertz CT molecular complexity index is 999. The SMILES string of the molecule is COC(=O)CCC(=O)OCc1cc(CCCCCOc2c(Cl)cc(C3=NCCO3)cc2Cl)on1. The van der Waals surface area contributed by atoms with Gasteiger partial charge in [0.1, 0.15) is 24.7 Å². The van der Waals surface area contributed by atoms with E-state index < -0.39 is 11.9 Å². The third-order valence-corrected chi connectivity index (χ3v) is 5.46. The third-order valence-electron chi connectivity index (χ3n) is 4.89. The molecule has 2 heterocycles. The largest absolute Gasteiger partial charge is 0.490 e. The molecule has 0 bridgehead atoms. The predicted octanol–water partition coefficient (Wildman–Crippen LogP) is 4.55. The summed E-state index contributed by atoms with van der Waals surface area (Å²) in [4.78, 5) is 26.9. The topological polar surface area (TPSA) is 109 Å². The van der Waals surface area contributed by atoms with E-state index in [9.17, 15) is 9.59 Å². The second-order valence-corrected chi connectivity index (χ2v) is 8.30. The molecule has 184 valence electrons. The summed E-state index contributed by atoms with van der Waals surface area (Å²) in [5.41, 5.74) is 1.26. The molecule has 0 unspecified atom stereocenters. The van der Waals surface area contributed by atoms with Crippen LogP contribution in [0, 0.1) is 0 Å². The molecule has 1 aliphatic rings. The number of esters is 2. The molecule has 0 radical (unpaired) electrons. The van der Waals surface area contributed by atoms with Crippen LogP contribution in [0.3, 0.4) is 0 Å². The van der Waals surface area contributed by atoms with Crippen LogP contribution in [-0.2, 0) is 36.8 Å². The molecule has 9 nitrogen and oxygen atoms in total. The van der Waals surface area contributed by atoms with E-state index in [0.29, 0.717) is 59.3 Å². The van der Waals surface area contributed by atoms with Crippen molar-refractivity contribution >= 4 is 41.0 Å². The lowest BCUT2D eigenvalue weighted by Crippen LogP contribution is -2.08. The van der Waals surface area contributed by atoms with E-state index in [0.717, 1.165) is 24.8 Å². The average molecular weight is 513 g/mol. The van der Waals surface area contributed by atoms with Crippen molar-refractivity contribution in [3.63, 3.8) is 0 Å². The minimum Gasteiger partial charge on any atom is -0.490 e. The summed E-state index contributed by atoms with van der Waals surface area (Å²) in [6, 6.07) is 5.24. The summed E-state index contributed by atoms with van der Waals surface area (Å²) in [5, 5.41) is 4.73. The zero-order chi connectivity index (χ0) is 24.3. The highest BCUT2D eigenvalue weighted by molar-refractivity contribution is 6.37. The number of carbonyl (C=O) groups is 2. The van der Waals surface area contributed by atoms with Crippen LogP contribution in [0.1, 0.15) is 49.1 Å². The molecule has 1 aromatic heterocycles. The molecule has 1 aromatic carbocycles. The molecule has 0 saturated carbocycles. The third kappa shape index (κ3) is 7.92.